The van der Waals surface area contributed by atoms with Crippen molar-refractivity contribution >= 4 is 28.4 Å². The molecule has 0 saturated heterocycles. The Hall–Kier alpha value is -3.28. The number of benzene rings is 2. The van der Waals surface area contributed by atoms with E-state index in [2.05, 4.69) is 5.32 Å². The van der Waals surface area contributed by atoms with E-state index in [1.165, 1.54) is 11.5 Å². The molecule has 27 heavy (non-hydrogen) atoms. The van der Waals surface area contributed by atoms with Crippen molar-refractivity contribution in [1.82, 2.24) is 4.57 Å². The molecule has 3 aromatic rings. The zero-order chi connectivity index (χ0) is 19.6. The number of aromatic nitrogens is 1. The number of methoxy groups -OCH3 is 1. The molecular formula is C21H22N2O4. The summed E-state index contributed by atoms with van der Waals surface area (Å²) in [4.78, 5) is 24.9. The Kier molecular flexibility index (Phi) is 5.16. The van der Waals surface area contributed by atoms with E-state index in [1.54, 1.807) is 43.6 Å². The van der Waals surface area contributed by atoms with Crippen molar-refractivity contribution in [2.75, 3.05) is 12.4 Å². The van der Waals surface area contributed by atoms with Crippen molar-refractivity contribution in [2.45, 2.75) is 26.9 Å². The molecule has 0 saturated carbocycles. The molecule has 1 heterocycles. The summed E-state index contributed by atoms with van der Waals surface area (Å²) in [5.74, 6) is 0.705. The highest BCUT2D eigenvalue weighted by Crippen LogP contribution is 2.29. The lowest BCUT2D eigenvalue weighted by Gasteiger charge is -2.14. The zero-order valence-electron chi connectivity index (χ0n) is 15.8. The fraction of sp³-hybridized carbons (Fsp3) is 0.238. The molecule has 6 heteroatoms. The first kappa shape index (κ1) is 18.5. The Morgan fingerprint density at radius 2 is 1.85 bits per heavy atom. The van der Waals surface area contributed by atoms with Gasteiger partial charge in [0.15, 0.2) is 0 Å². The van der Waals surface area contributed by atoms with Gasteiger partial charge in [-0.25, -0.2) is 0 Å². The Bertz CT molecular complexity index is 1000. The number of carbonyl (C=O) groups excluding carboxylic acids is 2. The second kappa shape index (κ2) is 7.53. The van der Waals surface area contributed by atoms with Gasteiger partial charge in [0.2, 0.25) is 5.91 Å². The molecule has 0 fully saturated rings. The number of hydrogen-bond donors (Lipinski definition) is 1. The average molecular weight is 366 g/mol. The maximum Gasteiger partial charge on any atom is 0.257 e. The smallest absolute Gasteiger partial charge is 0.257 e. The summed E-state index contributed by atoms with van der Waals surface area (Å²) >= 11 is 0. The number of amides is 1. The minimum atomic E-state index is -0.326. The van der Waals surface area contributed by atoms with E-state index in [1.807, 2.05) is 26.0 Å². The standard InChI is InChI=1S/C21H22N2O4/c1-13(2)27-20-8-6-5-7-18(20)22-21(25)17-12-23(14(3)24)19-10-9-15(26-4)11-16(17)19/h5-13H,1-4H3,(H,22,25). The molecular weight excluding hydrogens is 344 g/mol. The second-order valence-electron chi connectivity index (χ2n) is 6.43. The Morgan fingerprint density at radius 1 is 1.11 bits per heavy atom. The van der Waals surface area contributed by atoms with Crippen molar-refractivity contribution < 1.29 is 19.1 Å². The van der Waals surface area contributed by atoms with Crippen LogP contribution in [0.4, 0.5) is 5.69 Å². The summed E-state index contributed by atoms with van der Waals surface area (Å²) in [5, 5.41) is 3.53. The Balaban J connectivity index is 2.03. The Morgan fingerprint density at radius 3 is 2.52 bits per heavy atom. The first-order chi connectivity index (χ1) is 12.9. The lowest BCUT2D eigenvalue weighted by molar-refractivity contribution is 0.0941. The SMILES string of the molecule is COc1ccc2c(c1)c(C(=O)Nc1ccccc1OC(C)C)cn2C(C)=O. The van der Waals surface area contributed by atoms with E-state index in [9.17, 15) is 9.59 Å². The Labute approximate surface area is 157 Å². The summed E-state index contributed by atoms with van der Waals surface area (Å²) in [5.41, 5.74) is 1.61. The quantitative estimate of drug-likeness (QED) is 0.729. The topological polar surface area (TPSA) is 69.6 Å². The van der Waals surface area contributed by atoms with Crippen LogP contribution < -0.4 is 14.8 Å². The predicted molar refractivity (Wildman–Crippen MR) is 105 cm³/mol. The molecule has 3 rings (SSSR count). The van der Waals surface area contributed by atoms with E-state index >= 15 is 0 Å². The molecule has 1 aromatic heterocycles. The fourth-order valence-electron chi connectivity index (χ4n) is 2.89. The van der Waals surface area contributed by atoms with Crippen LogP contribution in [0.1, 0.15) is 35.9 Å². The largest absolute Gasteiger partial charge is 0.497 e. The molecule has 0 aliphatic heterocycles. The minimum absolute atomic E-state index is 0.0214. The van der Waals surface area contributed by atoms with Crippen LogP contribution in [-0.2, 0) is 0 Å². The number of anilines is 1. The lowest BCUT2D eigenvalue weighted by Crippen LogP contribution is -2.14. The summed E-state index contributed by atoms with van der Waals surface area (Å²) < 4.78 is 12.5. The van der Waals surface area contributed by atoms with Crippen LogP contribution in [0.15, 0.2) is 48.7 Å². The first-order valence-corrected chi connectivity index (χ1v) is 8.67. The van der Waals surface area contributed by atoms with Gasteiger partial charge in [0.05, 0.1) is 30.0 Å². The van der Waals surface area contributed by atoms with Crippen LogP contribution >= 0.6 is 0 Å². The predicted octanol–water partition coefficient (Wildman–Crippen LogP) is 4.35. The van der Waals surface area contributed by atoms with Crippen LogP contribution in [-0.4, -0.2) is 29.6 Å². The summed E-state index contributed by atoms with van der Waals surface area (Å²) in [6.07, 6.45) is 1.53. The molecule has 6 nitrogen and oxygen atoms in total. The number of ether oxygens (including phenoxy) is 2. The number of hydrogen-bond acceptors (Lipinski definition) is 4. The van der Waals surface area contributed by atoms with Crippen molar-refractivity contribution in [2.24, 2.45) is 0 Å². The van der Waals surface area contributed by atoms with Gasteiger partial charge in [-0.05, 0) is 44.2 Å². The highest BCUT2D eigenvalue weighted by molar-refractivity contribution is 6.15. The molecule has 140 valence electrons. The van der Waals surface area contributed by atoms with Gasteiger partial charge in [0.1, 0.15) is 11.5 Å². The van der Waals surface area contributed by atoms with Gasteiger partial charge < -0.3 is 14.8 Å². The van der Waals surface area contributed by atoms with Gasteiger partial charge in [-0.1, -0.05) is 12.1 Å². The van der Waals surface area contributed by atoms with Crippen molar-refractivity contribution in [3.63, 3.8) is 0 Å². The minimum Gasteiger partial charge on any atom is -0.497 e. The molecule has 0 atom stereocenters. The van der Waals surface area contributed by atoms with Crippen LogP contribution in [0.2, 0.25) is 0 Å². The maximum atomic E-state index is 13.0. The highest BCUT2D eigenvalue weighted by Gasteiger charge is 2.19. The van der Waals surface area contributed by atoms with Gasteiger partial charge in [-0.2, -0.15) is 0 Å². The molecule has 1 amide bonds. The van der Waals surface area contributed by atoms with Crippen LogP contribution in [0.25, 0.3) is 10.9 Å². The highest BCUT2D eigenvalue weighted by atomic mass is 16.5. The number of para-hydroxylation sites is 2. The van der Waals surface area contributed by atoms with E-state index < -0.39 is 0 Å². The van der Waals surface area contributed by atoms with Crippen LogP contribution in [0.3, 0.4) is 0 Å². The van der Waals surface area contributed by atoms with E-state index in [4.69, 9.17) is 9.47 Å². The van der Waals surface area contributed by atoms with Gasteiger partial charge in [0, 0.05) is 18.5 Å². The monoisotopic (exact) mass is 366 g/mol. The number of fused-ring (bicyclic) bond motifs is 1. The van der Waals surface area contributed by atoms with Crippen molar-refractivity contribution in [1.29, 1.82) is 0 Å². The molecule has 0 aliphatic carbocycles. The first-order valence-electron chi connectivity index (χ1n) is 8.67. The van der Waals surface area contributed by atoms with Gasteiger partial charge in [-0.3, -0.25) is 14.2 Å². The summed E-state index contributed by atoms with van der Waals surface area (Å²) in [6.45, 7) is 5.30. The molecule has 0 unspecified atom stereocenters. The fourth-order valence-corrected chi connectivity index (χ4v) is 2.89. The number of nitrogens with zero attached hydrogens (tertiary/aromatic N) is 1. The lowest BCUT2D eigenvalue weighted by atomic mass is 10.1. The van der Waals surface area contributed by atoms with Crippen LogP contribution in [0, 0.1) is 0 Å². The molecule has 0 spiro atoms. The van der Waals surface area contributed by atoms with E-state index in [-0.39, 0.29) is 17.9 Å². The molecule has 0 aliphatic rings. The second-order valence-corrected chi connectivity index (χ2v) is 6.43. The van der Waals surface area contributed by atoms with Gasteiger partial charge >= 0.3 is 0 Å². The third-order valence-electron chi connectivity index (χ3n) is 4.09. The third-order valence-corrected chi connectivity index (χ3v) is 4.09. The molecule has 0 radical (unpaired) electrons. The maximum absolute atomic E-state index is 13.0. The van der Waals surface area contributed by atoms with E-state index in [0.29, 0.717) is 33.7 Å². The molecule has 2 aromatic carbocycles. The molecule has 1 N–H and O–H groups in total. The molecule has 0 bridgehead atoms. The zero-order valence-corrected chi connectivity index (χ0v) is 15.8. The van der Waals surface area contributed by atoms with Crippen LogP contribution in [0.5, 0.6) is 11.5 Å². The van der Waals surface area contributed by atoms with Gasteiger partial charge in [-0.15, -0.1) is 0 Å². The van der Waals surface area contributed by atoms with Crippen molar-refractivity contribution in [3.05, 3.63) is 54.2 Å². The number of carbonyl (C=O) groups is 2. The normalized spacial score (nSPS) is 10.9. The van der Waals surface area contributed by atoms with E-state index in [0.717, 1.165) is 0 Å². The average Bonchev–Trinajstić information content (AvgIpc) is 3.02. The summed E-state index contributed by atoms with van der Waals surface area (Å²) in [6, 6.07) is 12.5. The number of rotatable bonds is 5. The summed E-state index contributed by atoms with van der Waals surface area (Å²) in [7, 11) is 1.56. The third kappa shape index (κ3) is 3.79. The number of nitrogens with one attached hydrogen (secondary N) is 1. The van der Waals surface area contributed by atoms with Gasteiger partial charge in [0.25, 0.3) is 5.91 Å². The van der Waals surface area contributed by atoms with Crippen molar-refractivity contribution in [3.8, 4) is 11.5 Å².